The van der Waals surface area contributed by atoms with Crippen LogP contribution in [0.3, 0.4) is 0 Å². The zero-order valence-electron chi connectivity index (χ0n) is 14.7. The summed E-state index contributed by atoms with van der Waals surface area (Å²) in [6.07, 6.45) is 7.21. The summed E-state index contributed by atoms with van der Waals surface area (Å²) in [6.45, 7) is 3.45. The molecular weight excluding hydrogens is 382 g/mol. The van der Waals surface area contributed by atoms with Crippen molar-refractivity contribution in [2.45, 2.75) is 17.2 Å². The molecule has 0 aliphatic carbocycles. The number of amides is 1. The van der Waals surface area contributed by atoms with E-state index in [9.17, 15) is 4.79 Å². The van der Waals surface area contributed by atoms with Crippen molar-refractivity contribution < 1.29 is 4.79 Å². The van der Waals surface area contributed by atoms with Crippen LogP contribution in [0.2, 0.25) is 5.02 Å². The Kier molecular flexibility index (Phi) is 6.26. The Morgan fingerprint density at radius 3 is 2.96 bits per heavy atom. The maximum atomic E-state index is 11.4. The Bertz CT molecular complexity index is 972. The number of carbonyl (C=O) groups is 1. The highest BCUT2D eigenvalue weighted by Crippen LogP contribution is 2.28. The van der Waals surface area contributed by atoms with Gasteiger partial charge in [0, 0.05) is 31.1 Å². The van der Waals surface area contributed by atoms with Crippen LogP contribution >= 0.6 is 23.4 Å². The molecular formula is C19H18ClN5OS. The topological polar surface area (TPSA) is 72.7 Å². The maximum absolute atomic E-state index is 11.4. The molecule has 0 aliphatic heterocycles. The second-order valence-corrected chi connectivity index (χ2v) is 7.19. The van der Waals surface area contributed by atoms with Crippen molar-refractivity contribution in [2.24, 2.45) is 7.05 Å². The molecule has 0 bridgehead atoms. The third kappa shape index (κ3) is 5.42. The van der Waals surface area contributed by atoms with Crippen LogP contribution in [0, 0.1) is 0 Å². The fourth-order valence-electron chi connectivity index (χ4n) is 2.40. The average Bonchev–Trinajstić information content (AvgIpc) is 3.07. The summed E-state index contributed by atoms with van der Waals surface area (Å²) in [4.78, 5) is 20.3. The minimum atomic E-state index is -0.237. The van der Waals surface area contributed by atoms with Gasteiger partial charge in [0.15, 0.2) is 0 Å². The van der Waals surface area contributed by atoms with E-state index < -0.39 is 0 Å². The van der Waals surface area contributed by atoms with Gasteiger partial charge in [-0.25, -0.2) is 9.97 Å². The molecule has 0 fully saturated rings. The van der Waals surface area contributed by atoms with Gasteiger partial charge in [0.2, 0.25) is 5.91 Å². The number of rotatable bonds is 7. The van der Waals surface area contributed by atoms with Crippen molar-refractivity contribution >= 4 is 35.0 Å². The number of aryl methyl sites for hydroxylation is 1. The monoisotopic (exact) mass is 399 g/mol. The van der Waals surface area contributed by atoms with E-state index >= 15 is 0 Å². The molecule has 1 aromatic carbocycles. The Balaban J connectivity index is 1.68. The molecule has 6 nitrogen and oxygen atoms in total. The standard InChI is InChI=1S/C19H18ClN5OS/c1-3-18(26)23-15-6-4-5-13(7-15)12-27-19-16(20)10-21-17(24-19)8-14-9-22-25(2)11-14/h3-7,9-11H,1,8,12H2,2H3,(H,23,26). The van der Waals surface area contributed by atoms with Crippen LogP contribution < -0.4 is 5.32 Å². The highest BCUT2D eigenvalue weighted by molar-refractivity contribution is 7.98. The third-order valence-electron chi connectivity index (χ3n) is 3.64. The number of anilines is 1. The van der Waals surface area contributed by atoms with E-state index in [0.717, 1.165) is 21.8 Å². The van der Waals surface area contributed by atoms with E-state index in [0.29, 0.717) is 23.0 Å². The number of benzene rings is 1. The van der Waals surface area contributed by atoms with Gasteiger partial charge in [-0.1, -0.05) is 30.3 Å². The first-order valence-electron chi connectivity index (χ1n) is 8.17. The largest absolute Gasteiger partial charge is 0.323 e. The molecule has 0 spiro atoms. The molecule has 0 radical (unpaired) electrons. The van der Waals surface area contributed by atoms with Crippen LogP contribution in [0.25, 0.3) is 0 Å². The van der Waals surface area contributed by atoms with Crippen LogP contribution in [0.1, 0.15) is 17.0 Å². The van der Waals surface area contributed by atoms with Crippen LogP contribution in [-0.2, 0) is 24.0 Å². The lowest BCUT2D eigenvalue weighted by atomic mass is 10.2. The molecule has 2 aromatic heterocycles. The molecule has 138 valence electrons. The van der Waals surface area contributed by atoms with Crippen LogP contribution in [0.4, 0.5) is 5.69 Å². The van der Waals surface area contributed by atoms with Gasteiger partial charge in [-0.05, 0) is 29.3 Å². The highest BCUT2D eigenvalue weighted by atomic mass is 35.5. The molecule has 1 amide bonds. The number of carbonyl (C=O) groups excluding carboxylic acids is 1. The number of nitrogens with zero attached hydrogens (tertiary/aromatic N) is 4. The van der Waals surface area contributed by atoms with Crippen LogP contribution in [-0.4, -0.2) is 25.7 Å². The molecule has 3 rings (SSSR count). The van der Waals surface area contributed by atoms with Crippen molar-refractivity contribution in [3.05, 3.63) is 77.5 Å². The van der Waals surface area contributed by atoms with E-state index in [1.807, 2.05) is 37.5 Å². The van der Waals surface area contributed by atoms with E-state index in [1.54, 1.807) is 17.1 Å². The number of hydrogen-bond acceptors (Lipinski definition) is 5. The Labute approximate surface area is 166 Å². The molecule has 0 unspecified atom stereocenters. The lowest BCUT2D eigenvalue weighted by Gasteiger charge is -2.07. The van der Waals surface area contributed by atoms with Crippen molar-refractivity contribution in [3.63, 3.8) is 0 Å². The van der Waals surface area contributed by atoms with Gasteiger partial charge in [0.05, 0.1) is 17.4 Å². The molecule has 27 heavy (non-hydrogen) atoms. The first-order valence-corrected chi connectivity index (χ1v) is 9.54. The molecule has 0 saturated carbocycles. The predicted octanol–water partition coefficient (Wildman–Crippen LogP) is 3.87. The molecule has 3 aromatic rings. The lowest BCUT2D eigenvalue weighted by Crippen LogP contribution is -2.07. The van der Waals surface area contributed by atoms with E-state index in [-0.39, 0.29) is 5.91 Å². The molecule has 2 heterocycles. The maximum Gasteiger partial charge on any atom is 0.247 e. The SMILES string of the molecule is C=CC(=O)Nc1cccc(CSc2nc(Cc3cnn(C)c3)ncc2Cl)c1. The van der Waals surface area contributed by atoms with Crippen molar-refractivity contribution in [1.29, 1.82) is 0 Å². The molecule has 1 N–H and O–H groups in total. The van der Waals surface area contributed by atoms with Gasteiger partial charge >= 0.3 is 0 Å². The summed E-state index contributed by atoms with van der Waals surface area (Å²) in [7, 11) is 1.87. The second kappa shape index (κ2) is 8.83. The van der Waals surface area contributed by atoms with Gasteiger partial charge in [0.1, 0.15) is 10.9 Å². The van der Waals surface area contributed by atoms with Gasteiger partial charge in [-0.15, -0.1) is 11.8 Å². The highest BCUT2D eigenvalue weighted by Gasteiger charge is 2.09. The minimum absolute atomic E-state index is 0.237. The minimum Gasteiger partial charge on any atom is -0.323 e. The van der Waals surface area contributed by atoms with Crippen molar-refractivity contribution in [1.82, 2.24) is 19.7 Å². The van der Waals surface area contributed by atoms with E-state index in [2.05, 4.69) is 27.0 Å². The van der Waals surface area contributed by atoms with Crippen molar-refractivity contribution in [3.8, 4) is 0 Å². The van der Waals surface area contributed by atoms with Gasteiger partial charge < -0.3 is 5.32 Å². The van der Waals surface area contributed by atoms with Gasteiger partial charge in [-0.2, -0.15) is 5.10 Å². The molecule has 0 aliphatic rings. The first kappa shape index (κ1) is 19.1. The summed E-state index contributed by atoms with van der Waals surface area (Å²) in [5.74, 6) is 1.13. The Hall–Kier alpha value is -2.64. The van der Waals surface area contributed by atoms with Gasteiger partial charge in [0.25, 0.3) is 0 Å². The zero-order valence-corrected chi connectivity index (χ0v) is 16.3. The van der Waals surface area contributed by atoms with Crippen molar-refractivity contribution in [2.75, 3.05) is 5.32 Å². The summed E-state index contributed by atoms with van der Waals surface area (Å²) < 4.78 is 1.75. The molecule has 0 atom stereocenters. The quantitative estimate of drug-likeness (QED) is 0.371. The number of nitrogens with one attached hydrogen (secondary N) is 1. The summed E-state index contributed by atoms with van der Waals surface area (Å²) in [5, 5.41) is 8.16. The number of hydrogen-bond donors (Lipinski definition) is 1. The normalized spacial score (nSPS) is 10.6. The first-order chi connectivity index (χ1) is 13.0. The van der Waals surface area contributed by atoms with Crippen LogP contribution in [0.15, 0.2) is 60.5 Å². The zero-order chi connectivity index (χ0) is 19.2. The van der Waals surface area contributed by atoms with E-state index in [4.69, 9.17) is 11.6 Å². The van der Waals surface area contributed by atoms with Gasteiger partial charge in [-0.3, -0.25) is 9.48 Å². The number of thioether (sulfide) groups is 1. The average molecular weight is 400 g/mol. The lowest BCUT2D eigenvalue weighted by molar-refractivity contribution is -0.111. The summed E-state index contributed by atoms with van der Waals surface area (Å²) in [5.41, 5.74) is 2.82. The third-order valence-corrected chi connectivity index (χ3v) is 5.09. The van der Waals surface area contributed by atoms with Crippen LogP contribution in [0.5, 0.6) is 0 Å². The predicted molar refractivity (Wildman–Crippen MR) is 108 cm³/mol. The Morgan fingerprint density at radius 1 is 1.37 bits per heavy atom. The molecule has 8 heteroatoms. The fourth-order valence-corrected chi connectivity index (χ4v) is 3.50. The molecule has 0 saturated heterocycles. The number of aromatic nitrogens is 4. The summed E-state index contributed by atoms with van der Waals surface area (Å²) in [6, 6.07) is 7.63. The number of halogens is 1. The summed E-state index contributed by atoms with van der Waals surface area (Å²) >= 11 is 7.78. The smallest absolute Gasteiger partial charge is 0.247 e. The van der Waals surface area contributed by atoms with E-state index in [1.165, 1.54) is 17.8 Å². The fraction of sp³-hybridized carbons (Fsp3) is 0.158. The second-order valence-electron chi connectivity index (χ2n) is 5.82. The Morgan fingerprint density at radius 2 is 2.22 bits per heavy atom.